The Morgan fingerprint density at radius 2 is 2.14 bits per heavy atom. The lowest BCUT2D eigenvalue weighted by molar-refractivity contribution is 0.0735. The summed E-state index contributed by atoms with van der Waals surface area (Å²) < 4.78 is 10.7. The Labute approximate surface area is 126 Å². The first-order valence-electron chi connectivity index (χ1n) is 7.05. The molecule has 0 radical (unpaired) electrons. The molecule has 2 aliphatic heterocycles. The molecule has 1 atom stereocenters. The van der Waals surface area contributed by atoms with Crippen molar-refractivity contribution in [2.45, 2.75) is 18.9 Å². The molecule has 5 heteroatoms. The Bertz CT molecular complexity index is 668. The van der Waals surface area contributed by atoms with Crippen molar-refractivity contribution in [1.29, 1.82) is 0 Å². The summed E-state index contributed by atoms with van der Waals surface area (Å²) in [5, 5.41) is 4.20. The zero-order valence-electron chi connectivity index (χ0n) is 11.5. The Hall–Kier alpha value is -2.01. The number of rotatable bonds is 2. The van der Waals surface area contributed by atoms with Gasteiger partial charge in [0, 0.05) is 12.1 Å². The van der Waals surface area contributed by atoms with E-state index in [-0.39, 0.29) is 18.7 Å². The lowest BCUT2D eigenvalue weighted by Crippen LogP contribution is -2.30. The Kier molecular flexibility index (Phi) is 3.07. The fourth-order valence-electron chi connectivity index (χ4n) is 3.02. The van der Waals surface area contributed by atoms with Crippen LogP contribution in [0.4, 0.5) is 0 Å². The monoisotopic (exact) mass is 301 g/mol. The smallest absolute Gasteiger partial charge is 0.254 e. The van der Waals surface area contributed by atoms with Crippen molar-refractivity contribution < 1.29 is 14.3 Å². The van der Waals surface area contributed by atoms with Gasteiger partial charge in [-0.15, -0.1) is 0 Å². The van der Waals surface area contributed by atoms with Crippen molar-refractivity contribution in [2.75, 3.05) is 13.3 Å². The summed E-state index contributed by atoms with van der Waals surface area (Å²) >= 11 is 1.68. The largest absolute Gasteiger partial charge is 0.454 e. The minimum absolute atomic E-state index is 0.0713. The molecular weight excluding hydrogens is 286 g/mol. The van der Waals surface area contributed by atoms with Crippen LogP contribution < -0.4 is 9.47 Å². The van der Waals surface area contributed by atoms with E-state index >= 15 is 0 Å². The molecule has 0 N–H and O–H groups in total. The average molecular weight is 301 g/mol. The third-order valence-electron chi connectivity index (χ3n) is 4.06. The molecule has 3 heterocycles. The second kappa shape index (κ2) is 5.07. The predicted molar refractivity (Wildman–Crippen MR) is 79.9 cm³/mol. The molecule has 1 saturated heterocycles. The number of benzene rings is 1. The lowest BCUT2D eigenvalue weighted by atomic mass is 10.1. The van der Waals surface area contributed by atoms with Crippen LogP contribution in [0.3, 0.4) is 0 Å². The maximum atomic E-state index is 12.8. The number of carbonyl (C=O) groups excluding carboxylic acids is 1. The fraction of sp³-hybridized carbons (Fsp3) is 0.312. The molecule has 2 aromatic rings. The third-order valence-corrected chi connectivity index (χ3v) is 4.76. The highest BCUT2D eigenvalue weighted by Crippen LogP contribution is 2.36. The molecule has 21 heavy (non-hydrogen) atoms. The van der Waals surface area contributed by atoms with E-state index in [1.165, 1.54) is 5.56 Å². The first kappa shape index (κ1) is 12.7. The number of amides is 1. The molecule has 1 fully saturated rings. The molecule has 108 valence electrons. The second-order valence-corrected chi connectivity index (χ2v) is 6.06. The van der Waals surface area contributed by atoms with Gasteiger partial charge in [0.05, 0.1) is 6.04 Å². The summed E-state index contributed by atoms with van der Waals surface area (Å²) in [5.41, 5.74) is 1.91. The number of carbonyl (C=O) groups is 1. The standard InChI is InChI=1S/C16H15NO3S/c18-16(11-3-4-14-15(8-11)20-10-19-14)17-6-1-2-13(17)12-5-7-21-9-12/h3-5,7-9,13H,1-2,6,10H2/t13-/m1/s1. The Balaban J connectivity index is 1.62. The van der Waals surface area contributed by atoms with E-state index in [0.29, 0.717) is 17.1 Å². The molecule has 0 unspecified atom stereocenters. The molecule has 1 aromatic heterocycles. The van der Waals surface area contributed by atoms with E-state index in [1.54, 1.807) is 17.4 Å². The van der Waals surface area contributed by atoms with E-state index in [0.717, 1.165) is 19.4 Å². The Morgan fingerprint density at radius 1 is 1.24 bits per heavy atom. The molecular formula is C16H15NO3S. The summed E-state index contributed by atoms with van der Waals surface area (Å²) in [6.45, 7) is 1.04. The van der Waals surface area contributed by atoms with Crippen molar-refractivity contribution >= 4 is 17.2 Å². The molecule has 4 nitrogen and oxygen atoms in total. The number of likely N-dealkylation sites (tertiary alicyclic amines) is 1. The van der Waals surface area contributed by atoms with E-state index < -0.39 is 0 Å². The number of fused-ring (bicyclic) bond motifs is 1. The SMILES string of the molecule is O=C(c1ccc2c(c1)OCO2)N1CCC[C@@H]1c1ccsc1. The number of thiophene rings is 1. The van der Waals surface area contributed by atoms with Crippen molar-refractivity contribution in [3.05, 3.63) is 46.2 Å². The zero-order valence-corrected chi connectivity index (χ0v) is 12.3. The van der Waals surface area contributed by atoms with Crippen LogP contribution in [0.15, 0.2) is 35.0 Å². The first-order chi connectivity index (χ1) is 10.3. The van der Waals surface area contributed by atoms with E-state index in [2.05, 4.69) is 16.8 Å². The quantitative estimate of drug-likeness (QED) is 0.852. The van der Waals surface area contributed by atoms with Crippen molar-refractivity contribution in [3.8, 4) is 11.5 Å². The predicted octanol–water partition coefficient (Wildman–Crippen LogP) is 3.45. The fourth-order valence-corrected chi connectivity index (χ4v) is 3.72. The van der Waals surface area contributed by atoms with E-state index in [4.69, 9.17) is 9.47 Å². The zero-order chi connectivity index (χ0) is 14.2. The van der Waals surface area contributed by atoms with Gasteiger partial charge < -0.3 is 14.4 Å². The number of hydrogen-bond donors (Lipinski definition) is 0. The second-order valence-electron chi connectivity index (χ2n) is 5.28. The molecule has 0 spiro atoms. The highest BCUT2D eigenvalue weighted by Gasteiger charge is 2.31. The van der Waals surface area contributed by atoms with Gasteiger partial charge >= 0.3 is 0 Å². The highest BCUT2D eigenvalue weighted by molar-refractivity contribution is 7.07. The summed E-state index contributed by atoms with van der Waals surface area (Å²) in [7, 11) is 0. The van der Waals surface area contributed by atoms with Crippen LogP contribution in [0.1, 0.15) is 34.8 Å². The maximum absolute atomic E-state index is 12.8. The van der Waals surface area contributed by atoms with Gasteiger partial charge in [-0.05, 0) is 53.4 Å². The van der Waals surface area contributed by atoms with Gasteiger partial charge in [-0.1, -0.05) is 0 Å². The van der Waals surface area contributed by atoms with Gasteiger partial charge in [0.2, 0.25) is 6.79 Å². The number of nitrogens with zero attached hydrogens (tertiary/aromatic N) is 1. The van der Waals surface area contributed by atoms with Gasteiger partial charge in [-0.25, -0.2) is 0 Å². The third kappa shape index (κ3) is 2.17. The average Bonchev–Trinajstić information content (AvgIpc) is 3.24. The lowest BCUT2D eigenvalue weighted by Gasteiger charge is -2.24. The number of ether oxygens (including phenoxy) is 2. The van der Waals surface area contributed by atoms with Gasteiger partial charge in [-0.2, -0.15) is 11.3 Å². The van der Waals surface area contributed by atoms with Crippen LogP contribution in [-0.4, -0.2) is 24.1 Å². The van der Waals surface area contributed by atoms with Crippen LogP contribution in [0.2, 0.25) is 0 Å². The molecule has 0 bridgehead atoms. The molecule has 0 saturated carbocycles. The first-order valence-corrected chi connectivity index (χ1v) is 8.00. The van der Waals surface area contributed by atoms with E-state index in [1.807, 2.05) is 17.0 Å². The van der Waals surface area contributed by atoms with Gasteiger partial charge in [0.15, 0.2) is 11.5 Å². The van der Waals surface area contributed by atoms with E-state index in [9.17, 15) is 4.79 Å². The van der Waals surface area contributed by atoms with Crippen LogP contribution in [0.25, 0.3) is 0 Å². The van der Waals surface area contributed by atoms with Crippen LogP contribution in [0.5, 0.6) is 11.5 Å². The van der Waals surface area contributed by atoms with Crippen LogP contribution in [0, 0.1) is 0 Å². The van der Waals surface area contributed by atoms with Gasteiger partial charge in [-0.3, -0.25) is 4.79 Å². The summed E-state index contributed by atoms with van der Waals surface area (Å²) in [6.07, 6.45) is 2.09. The van der Waals surface area contributed by atoms with Crippen molar-refractivity contribution in [1.82, 2.24) is 4.90 Å². The summed E-state index contributed by atoms with van der Waals surface area (Å²) in [5.74, 6) is 1.44. The molecule has 4 rings (SSSR count). The highest BCUT2D eigenvalue weighted by atomic mass is 32.1. The number of hydrogen-bond acceptors (Lipinski definition) is 4. The molecule has 1 amide bonds. The summed E-state index contributed by atoms with van der Waals surface area (Å²) in [4.78, 5) is 14.8. The Morgan fingerprint density at radius 3 is 3.00 bits per heavy atom. The van der Waals surface area contributed by atoms with Crippen LogP contribution in [-0.2, 0) is 0 Å². The maximum Gasteiger partial charge on any atom is 0.254 e. The van der Waals surface area contributed by atoms with Crippen molar-refractivity contribution in [3.63, 3.8) is 0 Å². The minimum atomic E-state index is 0.0713. The normalized spacial score (nSPS) is 20.0. The van der Waals surface area contributed by atoms with Crippen molar-refractivity contribution in [2.24, 2.45) is 0 Å². The molecule has 1 aromatic carbocycles. The minimum Gasteiger partial charge on any atom is -0.454 e. The molecule has 2 aliphatic rings. The van der Waals surface area contributed by atoms with Gasteiger partial charge in [0.1, 0.15) is 0 Å². The topological polar surface area (TPSA) is 38.8 Å². The molecule has 0 aliphatic carbocycles. The van der Waals surface area contributed by atoms with Gasteiger partial charge in [0.25, 0.3) is 5.91 Å². The summed E-state index contributed by atoms with van der Waals surface area (Å²) in [6, 6.07) is 7.73. The van der Waals surface area contributed by atoms with Crippen LogP contribution >= 0.6 is 11.3 Å².